The van der Waals surface area contributed by atoms with Gasteiger partial charge in [-0.25, -0.2) is 0 Å². The highest BCUT2D eigenvalue weighted by Crippen LogP contribution is 2.37. The van der Waals surface area contributed by atoms with Crippen molar-refractivity contribution in [1.82, 2.24) is 5.32 Å². The number of rotatable bonds is 5. The highest BCUT2D eigenvalue weighted by atomic mass is 16.5. The summed E-state index contributed by atoms with van der Waals surface area (Å²) >= 11 is 0. The Morgan fingerprint density at radius 2 is 1.73 bits per heavy atom. The maximum absolute atomic E-state index is 13.5. The number of para-hydroxylation sites is 1. The zero-order valence-corrected chi connectivity index (χ0v) is 15.1. The lowest BCUT2D eigenvalue weighted by atomic mass is 10.1. The molecule has 2 aromatic rings. The number of anilines is 1. The lowest BCUT2D eigenvalue weighted by Gasteiger charge is -2.26. The van der Waals surface area contributed by atoms with Crippen molar-refractivity contribution in [1.29, 1.82) is 0 Å². The third kappa shape index (κ3) is 2.98. The van der Waals surface area contributed by atoms with Crippen LogP contribution in [0.4, 0.5) is 5.69 Å². The molecule has 6 nitrogen and oxygen atoms in total. The molecule has 0 aliphatic carbocycles. The smallest absolute Gasteiger partial charge is 0.266 e. The quantitative estimate of drug-likeness (QED) is 0.895. The Hall–Kier alpha value is -3.02. The summed E-state index contributed by atoms with van der Waals surface area (Å²) < 4.78 is 10.7. The Bertz CT molecular complexity index is 812. The molecular formula is C20H22N2O4. The molecule has 1 unspecified atom stereocenters. The van der Waals surface area contributed by atoms with Gasteiger partial charge in [0.15, 0.2) is 0 Å². The van der Waals surface area contributed by atoms with E-state index in [-0.39, 0.29) is 11.8 Å². The van der Waals surface area contributed by atoms with E-state index in [4.69, 9.17) is 9.47 Å². The number of methoxy groups -OCH3 is 2. The van der Waals surface area contributed by atoms with Crippen LogP contribution in [0.15, 0.2) is 42.5 Å². The fraction of sp³-hybridized carbons (Fsp3) is 0.300. The molecule has 1 atom stereocenters. The van der Waals surface area contributed by atoms with E-state index in [1.54, 1.807) is 23.1 Å². The van der Waals surface area contributed by atoms with E-state index >= 15 is 0 Å². The summed E-state index contributed by atoms with van der Waals surface area (Å²) in [6, 6.07) is 12.1. The number of likely N-dealkylation sites (N-methyl/N-ethyl adjacent to an activating group) is 1. The first kappa shape index (κ1) is 17.8. The molecule has 0 saturated carbocycles. The van der Waals surface area contributed by atoms with E-state index in [0.717, 1.165) is 11.3 Å². The lowest BCUT2D eigenvalue weighted by Crippen LogP contribution is -2.48. The van der Waals surface area contributed by atoms with Gasteiger partial charge in [0.05, 0.1) is 14.2 Å². The summed E-state index contributed by atoms with van der Waals surface area (Å²) in [5, 5.41) is 2.82. The number of nitrogens with one attached hydrogen (secondary N) is 1. The average Bonchev–Trinajstić information content (AvgIpc) is 3.06. The molecule has 26 heavy (non-hydrogen) atoms. The Balaban J connectivity index is 2.10. The summed E-state index contributed by atoms with van der Waals surface area (Å²) in [4.78, 5) is 27.6. The van der Waals surface area contributed by atoms with Crippen LogP contribution in [0.1, 0.15) is 22.8 Å². The monoisotopic (exact) mass is 354 g/mol. The number of benzene rings is 2. The molecule has 2 amide bonds. The van der Waals surface area contributed by atoms with Gasteiger partial charge in [-0.1, -0.05) is 24.3 Å². The van der Waals surface area contributed by atoms with Crippen LogP contribution in [0.3, 0.4) is 0 Å². The van der Waals surface area contributed by atoms with E-state index in [9.17, 15) is 9.59 Å². The number of nitrogens with zero attached hydrogens (tertiary/aromatic N) is 1. The Morgan fingerprint density at radius 1 is 1.08 bits per heavy atom. The average molecular weight is 354 g/mol. The number of hydrogen-bond acceptors (Lipinski definition) is 4. The predicted molar refractivity (Wildman–Crippen MR) is 99.0 cm³/mol. The number of ether oxygens (including phenoxy) is 2. The molecule has 0 radical (unpaired) electrons. The van der Waals surface area contributed by atoms with Gasteiger partial charge in [-0.15, -0.1) is 0 Å². The molecular weight excluding hydrogens is 332 g/mol. The van der Waals surface area contributed by atoms with E-state index in [1.165, 1.54) is 14.2 Å². The van der Waals surface area contributed by atoms with Gasteiger partial charge in [0.25, 0.3) is 5.91 Å². The number of carbonyl (C=O) groups is 2. The Kier molecular flexibility index (Phi) is 5.11. The second kappa shape index (κ2) is 7.47. The Labute approximate surface area is 152 Å². The van der Waals surface area contributed by atoms with Crippen LogP contribution in [0.5, 0.6) is 11.5 Å². The van der Waals surface area contributed by atoms with Gasteiger partial charge in [-0.3, -0.25) is 14.5 Å². The van der Waals surface area contributed by atoms with Crippen LogP contribution in [0, 0.1) is 0 Å². The van der Waals surface area contributed by atoms with Crippen molar-refractivity contribution in [3.63, 3.8) is 0 Å². The predicted octanol–water partition coefficient (Wildman–Crippen LogP) is 2.41. The highest BCUT2D eigenvalue weighted by molar-refractivity contribution is 6.14. The van der Waals surface area contributed by atoms with Gasteiger partial charge >= 0.3 is 0 Å². The molecule has 0 fully saturated rings. The highest BCUT2D eigenvalue weighted by Gasteiger charge is 2.40. The second-order valence-electron chi connectivity index (χ2n) is 5.96. The topological polar surface area (TPSA) is 67.9 Å². The minimum absolute atomic E-state index is 0.175. The summed E-state index contributed by atoms with van der Waals surface area (Å²) in [5.74, 6) is 0.327. The van der Waals surface area contributed by atoms with Crippen molar-refractivity contribution < 1.29 is 19.1 Å². The number of hydrogen-bond donors (Lipinski definition) is 1. The van der Waals surface area contributed by atoms with Crippen LogP contribution in [-0.4, -0.2) is 38.6 Å². The standard InChI is InChI=1S/C20H22N2O4/c1-4-21-19(23)15-12-13-8-5-6-9-14(13)22(15)20(24)18-16(25-2)10-7-11-17(18)26-3/h5-11,15H,4,12H2,1-3H3,(H,21,23). The van der Waals surface area contributed by atoms with Crippen molar-refractivity contribution >= 4 is 17.5 Å². The zero-order chi connectivity index (χ0) is 18.7. The molecule has 0 aromatic heterocycles. The van der Waals surface area contributed by atoms with Crippen LogP contribution in [0.25, 0.3) is 0 Å². The molecule has 0 spiro atoms. The third-order valence-electron chi connectivity index (χ3n) is 4.49. The number of fused-ring (bicyclic) bond motifs is 1. The third-order valence-corrected chi connectivity index (χ3v) is 4.49. The van der Waals surface area contributed by atoms with Crippen LogP contribution < -0.4 is 19.7 Å². The van der Waals surface area contributed by atoms with Crippen LogP contribution in [-0.2, 0) is 11.2 Å². The van der Waals surface area contributed by atoms with Crippen molar-refractivity contribution in [2.24, 2.45) is 0 Å². The minimum Gasteiger partial charge on any atom is -0.496 e. The van der Waals surface area contributed by atoms with Gasteiger partial charge < -0.3 is 14.8 Å². The van der Waals surface area contributed by atoms with E-state index < -0.39 is 6.04 Å². The maximum atomic E-state index is 13.5. The molecule has 1 heterocycles. The van der Waals surface area contributed by atoms with E-state index in [2.05, 4.69) is 5.32 Å². The summed E-state index contributed by atoms with van der Waals surface area (Å²) in [7, 11) is 3.01. The van der Waals surface area contributed by atoms with Crippen molar-refractivity contribution in [3.8, 4) is 11.5 Å². The molecule has 2 aromatic carbocycles. The first-order valence-electron chi connectivity index (χ1n) is 8.52. The second-order valence-corrected chi connectivity index (χ2v) is 5.96. The normalized spacial score (nSPS) is 15.3. The van der Waals surface area contributed by atoms with Crippen molar-refractivity contribution in [3.05, 3.63) is 53.6 Å². The maximum Gasteiger partial charge on any atom is 0.266 e. The molecule has 1 aliphatic rings. The van der Waals surface area contributed by atoms with Crippen LogP contribution in [0.2, 0.25) is 0 Å². The van der Waals surface area contributed by atoms with Crippen molar-refractivity contribution in [2.75, 3.05) is 25.7 Å². The largest absolute Gasteiger partial charge is 0.496 e. The number of carbonyl (C=O) groups excluding carboxylic acids is 2. The molecule has 0 saturated heterocycles. The molecule has 1 N–H and O–H groups in total. The minimum atomic E-state index is -0.602. The molecule has 136 valence electrons. The first-order valence-corrected chi connectivity index (χ1v) is 8.52. The fourth-order valence-electron chi connectivity index (χ4n) is 3.32. The molecule has 6 heteroatoms. The first-order chi connectivity index (χ1) is 12.6. The van der Waals surface area contributed by atoms with Gasteiger partial charge in [0.1, 0.15) is 23.1 Å². The number of amides is 2. The van der Waals surface area contributed by atoms with Crippen molar-refractivity contribution in [2.45, 2.75) is 19.4 Å². The lowest BCUT2D eigenvalue weighted by molar-refractivity contribution is -0.122. The SMILES string of the molecule is CCNC(=O)C1Cc2ccccc2N1C(=O)c1c(OC)cccc1OC. The summed E-state index contributed by atoms with van der Waals surface area (Å²) in [6.45, 7) is 2.36. The van der Waals surface area contributed by atoms with Crippen LogP contribution >= 0.6 is 0 Å². The Morgan fingerprint density at radius 3 is 2.35 bits per heavy atom. The van der Waals surface area contributed by atoms with E-state index in [1.807, 2.05) is 31.2 Å². The molecule has 1 aliphatic heterocycles. The van der Waals surface area contributed by atoms with E-state index in [0.29, 0.717) is 30.0 Å². The fourth-order valence-corrected chi connectivity index (χ4v) is 3.32. The zero-order valence-electron chi connectivity index (χ0n) is 15.1. The van der Waals surface area contributed by atoms with Gasteiger partial charge in [-0.05, 0) is 30.7 Å². The summed E-state index contributed by atoms with van der Waals surface area (Å²) in [6.07, 6.45) is 0.477. The summed E-state index contributed by atoms with van der Waals surface area (Å²) in [5.41, 5.74) is 2.01. The van der Waals surface area contributed by atoms with Gasteiger partial charge in [0, 0.05) is 18.7 Å². The molecule has 0 bridgehead atoms. The van der Waals surface area contributed by atoms with Gasteiger partial charge in [-0.2, -0.15) is 0 Å². The molecule has 3 rings (SSSR count). The van der Waals surface area contributed by atoms with Gasteiger partial charge in [0.2, 0.25) is 5.91 Å².